The Labute approximate surface area is 204 Å². The fraction of sp³-hybridized carbons (Fsp3) is 0.115. The van der Waals surface area contributed by atoms with E-state index in [1.807, 2.05) is 26.0 Å². The van der Waals surface area contributed by atoms with E-state index < -0.39 is 15.9 Å². The van der Waals surface area contributed by atoms with Crippen LogP contribution < -0.4 is 14.8 Å². The van der Waals surface area contributed by atoms with Gasteiger partial charge in [0.05, 0.1) is 4.90 Å². The van der Waals surface area contributed by atoms with Gasteiger partial charge in [0.25, 0.3) is 15.9 Å². The molecule has 35 heavy (non-hydrogen) atoms. The van der Waals surface area contributed by atoms with Crippen LogP contribution in [0.2, 0.25) is 0 Å². The van der Waals surface area contributed by atoms with Crippen molar-refractivity contribution in [1.29, 1.82) is 0 Å². The summed E-state index contributed by atoms with van der Waals surface area (Å²) >= 11 is 0. The first-order chi connectivity index (χ1) is 16.8. The highest BCUT2D eigenvalue weighted by atomic mass is 32.2. The quantitative estimate of drug-likeness (QED) is 0.371. The Morgan fingerprint density at radius 1 is 0.914 bits per heavy atom. The monoisotopic (exact) mass is 488 g/mol. The number of benzene rings is 2. The fourth-order valence-corrected chi connectivity index (χ4v) is 4.35. The molecule has 8 nitrogen and oxygen atoms in total. The number of anilines is 2. The third-order valence-electron chi connectivity index (χ3n) is 5.33. The van der Waals surface area contributed by atoms with E-state index in [1.165, 1.54) is 24.3 Å². The Kier molecular flexibility index (Phi) is 7.07. The molecule has 0 saturated carbocycles. The number of hydrogen-bond acceptors (Lipinski definition) is 6. The van der Waals surface area contributed by atoms with Crippen molar-refractivity contribution in [2.45, 2.75) is 25.3 Å². The minimum atomic E-state index is -3.75. The number of rotatable bonds is 8. The maximum Gasteiger partial charge on any atom is 0.261 e. The predicted octanol–water partition coefficient (Wildman–Crippen LogP) is 4.73. The summed E-state index contributed by atoms with van der Waals surface area (Å²) in [5.74, 6) is 0.308. The van der Waals surface area contributed by atoms with E-state index in [0.717, 1.165) is 16.7 Å². The highest BCUT2D eigenvalue weighted by Gasteiger charge is 2.16. The van der Waals surface area contributed by atoms with Crippen LogP contribution in [0, 0.1) is 13.8 Å². The standard InChI is InChI=1S/C26H24N4O4S/c1-18-5-10-23(16-19(18)2)35(32,33)30-22-8-6-21(7-9-22)26(31)29-25-24(4-3-13-28-25)34-17-20-11-14-27-15-12-20/h3-16,30H,17H2,1-2H3,(H,28,29,31). The highest BCUT2D eigenvalue weighted by Crippen LogP contribution is 2.24. The van der Waals surface area contributed by atoms with E-state index in [0.29, 0.717) is 23.6 Å². The summed E-state index contributed by atoms with van der Waals surface area (Å²) in [4.78, 5) is 21.1. The first-order valence-electron chi connectivity index (χ1n) is 10.8. The molecule has 4 rings (SSSR count). The molecule has 0 aliphatic heterocycles. The number of aryl methyl sites for hydroxylation is 2. The molecule has 9 heteroatoms. The SMILES string of the molecule is Cc1ccc(S(=O)(=O)Nc2ccc(C(=O)Nc3ncccc3OCc3ccncc3)cc2)cc1C. The van der Waals surface area contributed by atoms with Crippen molar-refractivity contribution in [3.63, 3.8) is 0 Å². The Hall–Kier alpha value is -4.24. The van der Waals surface area contributed by atoms with Crippen molar-refractivity contribution in [1.82, 2.24) is 9.97 Å². The largest absolute Gasteiger partial charge is 0.485 e. The zero-order valence-electron chi connectivity index (χ0n) is 19.2. The summed E-state index contributed by atoms with van der Waals surface area (Å²) in [6.07, 6.45) is 4.91. The minimum absolute atomic E-state index is 0.178. The topological polar surface area (TPSA) is 110 Å². The Bertz CT molecular complexity index is 1440. The van der Waals surface area contributed by atoms with E-state index in [2.05, 4.69) is 20.0 Å². The molecule has 0 radical (unpaired) electrons. The van der Waals surface area contributed by atoms with Crippen molar-refractivity contribution in [3.05, 3.63) is 108 Å². The number of nitrogens with one attached hydrogen (secondary N) is 2. The third kappa shape index (κ3) is 6.01. The van der Waals surface area contributed by atoms with Crippen LogP contribution >= 0.6 is 0 Å². The summed E-state index contributed by atoms with van der Waals surface area (Å²) in [5, 5.41) is 2.74. The van der Waals surface area contributed by atoms with Gasteiger partial charge in [0.1, 0.15) is 6.61 Å². The lowest BCUT2D eigenvalue weighted by Crippen LogP contribution is -2.15. The number of ether oxygens (including phenoxy) is 1. The van der Waals surface area contributed by atoms with Crippen molar-refractivity contribution in [3.8, 4) is 5.75 Å². The second-order valence-electron chi connectivity index (χ2n) is 7.88. The van der Waals surface area contributed by atoms with Crippen LogP contribution in [-0.2, 0) is 16.6 Å². The number of amides is 1. The van der Waals surface area contributed by atoms with E-state index in [9.17, 15) is 13.2 Å². The van der Waals surface area contributed by atoms with Crippen molar-refractivity contribution >= 4 is 27.4 Å². The molecule has 0 aliphatic rings. The van der Waals surface area contributed by atoms with Gasteiger partial charge in [-0.3, -0.25) is 14.5 Å². The second-order valence-corrected chi connectivity index (χ2v) is 9.56. The van der Waals surface area contributed by atoms with E-state index >= 15 is 0 Å². The lowest BCUT2D eigenvalue weighted by molar-refractivity contribution is 0.102. The molecule has 2 heterocycles. The lowest BCUT2D eigenvalue weighted by Gasteiger charge is -2.12. The van der Waals surface area contributed by atoms with Crippen LogP contribution in [0.25, 0.3) is 0 Å². The van der Waals surface area contributed by atoms with Gasteiger partial charge in [-0.15, -0.1) is 0 Å². The lowest BCUT2D eigenvalue weighted by atomic mass is 10.1. The Morgan fingerprint density at radius 3 is 2.37 bits per heavy atom. The van der Waals surface area contributed by atoms with Crippen molar-refractivity contribution in [2.75, 3.05) is 10.0 Å². The number of carbonyl (C=O) groups excluding carboxylic acids is 1. The first kappa shape index (κ1) is 23.9. The summed E-state index contributed by atoms with van der Waals surface area (Å²) in [6.45, 7) is 4.08. The molecule has 0 atom stereocenters. The molecular weight excluding hydrogens is 464 g/mol. The first-order valence-corrected chi connectivity index (χ1v) is 12.3. The van der Waals surface area contributed by atoms with Gasteiger partial charge in [-0.1, -0.05) is 6.07 Å². The molecule has 1 amide bonds. The van der Waals surface area contributed by atoms with Crippen LogP contribution in [0.15, 0.2) is 90.2 Å². The predicted molar refractivity (Wildman–Crippen MR) is 134 cm³/mol. The van der Waals surface area contributed by atoms with Crippen LogP contribution in [0.3, 0.4) is 0 Å². The van der Waals surface area contributed by atoms with E-state index in [4.69, 9.17) is 4.74 Å². The van der Waals surface area contributed by atoms with Gasteiger partial charge in [0.15, 0.2) is 11.6 Å². The molecular formula is C26H24N4O4S. The van der Waals surface area contributed by atoms with Gasteiger partial charge >= 0.3 is 0 Å². The van der Waals surface area contributed by atoms with E-state index in [1.54, 1.807) is 48.9 Å². The smallest absolute Gasteiger partial charge is 0.261 e. The Balaban J connectivity index is 1.43. The van der Waals surface area contributed by atoms with Gasteiger partial charge in [-0.05, 0) is 91.2 Å². The van der Waals surface area contributed by atoms with Crippen molar-refractivity contribution < 1.29 is 17.9 Å². The van der Waals surface area contributed by atoms with Gasteiger partial charge in [0.2, 0.25) is 0 Å². The molecule has 178 valence electrons. The second kappa shape index (κ2) is 10.4. The highest BCUT2D eigenvalue weighted by molar-refractivity contribution is 7.92. The molecule has 0 aliphatic carbocycles. The van der Waals surface area contributed by atoms with Crippen LogP contribution in [0.1, 0.15) is 27.0 Å². The van der Waals surface area contributed by atoms with Crippen molar-refractivity contribution in [2.24, 2.45) is 0 Å². The molecule has 2 N–H and O–H groups in total. The maximum atomic E-state index is 12.8. The summed E-state index contributed by atoms with van der Waals surface area (Å²) in [5.41, 5.74) is 3.51. The third-order valence-corrected chi connectivity index (χ3v) is 6.71. The molecule has 2 aromatic heterocycles. The van der Waals surface area contributed by atoms with Gasteiger partial charge in [-0.2, -0.15) is 0 Å². The molecule has 0 saturated heterocycles. The molecule has 0 fully saturated rings. The number of hydrogen-bond donors (Lipinski definition) is 2. The zero-order chi connectivity index (χ0) is 24.8. The molecule has 0 unspecified atom stereocenters. The fourth-order valence-electron chi connectivity index (χ4n) is 3.21. The number of sulfonamides is 1. The molecule has 0 bridgehead atoms. The summed E-state index contributed by atoms with van der Waals surface area (Å²) in [6, 6.07) is 18.2. The normalized spacial score (nSPS) is 11.0. The average Bonchev–Trinajstić information content (AvgIpc) is 2.86. The average molecular weight is 489 g/mol. The number of aromatic nitrogens is 2. The van der Waals surface area contributed by atoms with Crippen LogP contribution in [0.5, 0.6) is 5.75 Å². The van der Waals surface area contributed by atoms with Gasteiger partial charge in [-0.25, -0.2) is 13.4 Å². The number of carbonyl (C=O) groups is 1. The minimum Gasteiger partial charge on any atom is -0.485 e. The van der Waals surface area contributed by atoms with Gasteiger partial charge in [0, 0.05) is 29.8 Å². The maximum absolute atomic E-state index is 12.8. The molecule has 2 aromatic carbocycles. The summed E-state index contributed by atoms with van der Waals surface area (Å²) in [7, 11) is -3.75. The Morgan fingerprint density at radius 2 is 1.66 bits per heavy atom. The van der Waals surface area contributed by atoms with E-state index in [-0.39, 0.29) is 10.7 Å². The molecule has 0 spiro atoms. The molecule has 4 aromatic rings. The van der Waals surface area contributed by atoms with Crippen LogP contribution in [0.4, 0.5) is 11.5 Å². The van der Waals surface area contributed by atoms with Gasteiger partial charge < -0.3 is 10.1 Å². The van der Waals surface area contributed by atoms with Crippen LogP contribution in [-0.4, -0.2) is 24.3 Å². The number of nitrogens with zero attached hydrogens (tertiary/aromatic N) is 2. The number of pyridine rings is 2. The zero-order valence-corrected chi connectivity index (χ0v) is 20.0. The summed E-state index contributed by atoms with van der Waals surface area (Å²) < 4.78 is 33.8.